The molecular formula is C11H6N4O4. The molecule has 3 heterocycles. The lowest BCUT2D eigenvalue weighted by Gasteiger charge is -2.11. The number of nitrogens with zero attached hydrogens (tertiary/aromatic N) is 2. The smallest absolute Gasteiger partial charge is 0.312 e. The molecule has 94 valence electrons. The number of hydrogen-bond donors (Lipinski definition) is 2. The first-order chi connectivity index (χ1) is 9.09. The third kappa shape index (κ3) is 1.50. The number of anilines is 1. The maximum Gasteiger partial charge on any atom is 0.325 e. The molecule has 0 saturated heterocycles. The zero-order valence-electron chi connectivity index (χ0n) is 9.34. The van der Waals surface area contributed by atoms with E-state index in [1.807, 2.05) is 4.98 Å². The third-order valence-electron chi connectivity index (χ3n) is 2.73. The van der Waals surface area contributed by atoms with Crippen LogP contribution in [0.25, 0.3) is 0 Å². The van der Waals surface area contributed by atoms with E-state index in [1.165, 1.54) is 18.5 Å². The van der Waals surface area contributed by atoms with Gasteiger partial charge in [-0.3, -0.25) is 24.4 Å². The predicted octanol–water partition coefficient (Wildman–Crippen LogP) is -0.741. The van der Waals surface area contributed by atoms with Gasteiger partial charge in [-0.05, 0) is 6.07 Å². The van der Waals surface area contributed by atoms with Crippen molar-refractivity contribution in [2.75, 3.05) is 4.90 Å². The van der Waals surface area contributed by atoms with E-state index in [4.69, 9.17) is 0 Å². The number of carbonyl (C=O) groups excluding carboxylic acids is 2. The molecule has 0 aliphatic carbocycles. The minimum absolute atomic E-state index is 0.123. The van der Waals surface area contributed by atoms with Crippen molar-refractivity contribution in [3.05, 3.63) is 56.6 Å². The summed E-state index contributed by atoms with van der Waals surface area (Å²) in [5.41, 5.74) is -1.47. The van der Waals surface area contributed by atoms with Crippen LogP contribution in [0.5, 0.6) is 0 Å². The van der Waals surface area contributed by atoms with Gasteiger partial charge in [-0.15, -0.1) is 0 Å². The topological polar surface area (TPSA) is 116 Å². The molecule has 0 radical (unpaired) electrons. The van der Waals surface area contributed by atoms with Crippen molar-refractivity contribution in [3.63, 3.8) is 0 Å². The van der Waals surface area contributed by atoms with Gasteiger partial charge in [-0.25, -0.2) is 9.69 Å². The zero-order chi connectivity index (χ0) is 13.6. The molecular weight excluding hydrogens is 252 g/mol. The van der Waals surface area contributed by atoms with E-state index in [2.05, 4.69) is 9.97 Å². The number of rotatable bonds is 1. The maximum atomic E-state index is 12.1. The number of hydrogen-bond acceptors (Lipinski definition) is 5. The number of aromatic amines is 2. The van der Waals surface area contributed by atoms with Crippen molar-refractivity contribution < 1.29 is 9.59 Å². The molecule has 2 amide bonds. The summed E-state index contributed by atoms with van der Waals surface area (Å²) < 4.78 is 0. The van der Waals surface area contributed by atoms with E-state index in [0.717, 1.165) is 6.20 Å². The Kier molecular flexibility index (Phi) is 2.18. The first kappa shape index (κ1) is 11.1. The molecule has 0 aromatic carbocycles. The van der Waals surface area contributed by atoms with Crippen LogP contribution in [-0.2, 0) is 0 Å². The van der Waals surface area contributed by atoms with Gasteiger partial charge < -0.3 is 4.98 Å². The van der Waals surface area contributed by atoms with E-state index < -0.39 is 23.1 Å². The van der Waals surface area contributed by atoms with Crippen LogP contribution in [-0.4, -0.2) is 26.8 Å². The Bertz CT molecular complexity index is 785. The van der Waals surface area contributed by atoms with Crippen molar-refractivity contribution in [1.29, 1.82) is 0 Å². The average Bonchev–Trinajstić information content (AvgIpc) is 2.64. The Morgan fingerprint density at radius 2 is 1.79 bits per heavy atom. The number of nitrogens with one attached hydrogen (secondary N) is 2. The van der Waals surface area contributed by atoms with E-state index in [0.29, 0.717) is 4.90 Å². The Morgan fingerprint density at radius 3 is 2.47 bits per heavy atom. The fourth-order valence-electron chi connectivity index (χ4n) is 1.87. The van der Waals surface area contributed by atoms with Crippen molar-refractivity contribution >= 4 is 17.5 Å². The van der Waals surface area contributed by atoms with Crippen molar-refractivity contribution in [1.82, 2.24) is 15.0 Å². The lowest BCUT2D eigenvalue weighted by Crippen LogP contribution is -2.36. The summed E-state index contributed by atoms with van der Waals surface area (Å²) in [7, 11) is 0. The summed E-state index contributed by atoms with van der Waals surface area (Å²) in [6.45, 7) is 0. The van der Waals surface area contributed by atoms with E-state index in [9.17, 15) is 19.2 Å². The highest BCUT2D eigenvalue weighted by molar-refractivity contribution is 6.34. The Morgan fingerprint density at radius 1 is 1.05 bits per heavy atom. The largest absolute Gasteiger partial charge is 0.325 e. The number of amides is 2. The van der Waals surface area contributed by atoms with Gasteiger partial charge >= 0.3 is 5.69 Å². The number of fused-ring (bicyclic) bond motifs is 1. The molecule has 19 heavy (non-hydrogen) atoms. The fourth-order valence-corrected chi connectivity index (χ4v) is 1.87. The van der Waals surface area contributed by atoms with Crippen molar-refractivity contribution in [3.8, 4) is 0 Å². The third-order valence-corrected chi connectivity index (χ3v) is 2.73. The van der Waals surface area contributed by atoms with Crippen LogP contribution in [0.2, 0.25) is 0 Å². The number of pyridine rings is 1. The number of carbonyl (C=O) groups is 2. The minimum atomic E-state index is -0.814. The molecule has 2 N–H and O–H groups in total. The molecule has 0 unspecified atom stereocenters. The van der Waals surface area contributed by atoms with Crippen LogP contribution >= 0.6 is 0 Å². The monoisotopic (exact) mass is 258 g/mol. The zero-order valence-corrected chi connectivity index (χ0v) is 9.34. The molecule has 0 atom stereocenters. The number of H-pyrrole nitrogens is 2. The minimum Gasteiger partial charge on any atom is -0.312 e. The molecule has 0 saturated carbocycles. The molecule has 0 spiro atoms. The molecule has 1 aliphatic heterocycles. The first-order valence-electron chi connectivity index (χ1n) is 5.24. The van der Waals surface area contributed by atoms with Gasteiger partial charge in [0.2, 0.25) is 0 Å². The van der Waals surface area contributed by atoms with Crippen LogP contribution in [0.3, 0.4) is 0 Å². The standard InChI is InChI=1S/C11H6N4O4/c16-8-7(4-13-11(19)14-8)15-9(17)5-1-2-12-3-6(5)10(15)18/h1-4H,(H2,13,14,16,19). The predicted molar refractivity (Wildman–Crippen MR) is 63.1 cm³/mol. The lowest BCUT2D eigenvalue weighted by molar-refractivity contribution is 0.0925. The SMILES string of the molecule is O=C1c2ccncc2C(=O)N1c1c[nH]c(=O)[nH]c1=O. The average molecular weight is 258 g/mol. The molecule has 2 aromatic heterocycles. The molecule has 0 bridgehead atoms. The summed E-state index contributed by atoms with van der Waals surface area (Å²) in [6, 6.07) is 1.40. The van der Waals surface area contributed by atoms with Gasteiger partial charge in [-0.2, -0.15) is 0 Å². The van der Waals surface area contributed by atoms with Crippen molar-refractivity contribution in [2.45, 2.75) is 0 Å². The van der Waals surface area contributed by atoms with Gasteiger partial charge in [0.15, 0.2) is 0 Å². The van der Waals surface area contributed by atoms with Gasteiger partial charge in [0, 0.05) is 18.6 Å². The lowest BCUT2D eigenvalue weighted by atomic mass is 10.2. The molecule has 8 heteroatoms. The van der Waals surface area contributed by atoms with Crippen molar-refractivity contribution in [2.24, 2.45) is 0 Å². The van der Waals surface area contributed by atoms with Crippen LogP contribution < -0.4 is 16.1 Å². The second-order valence-corrected chi connectivity index (χ2v) is 3.82. The molecule has 8 nitrogen and oxygen atoms in total. The highest BCUT2D eigenvalue weighted by Crippen LogP contribution is 2.24. The maximum absolute atomic E-state index is 12.1. The van der Waals surface area contributed by atoms with Gasteiger partial charge in [0.1, 0.15) is 5.69 Å². The summed E-state index contributed by atoms with van der Waals surface area (Å²) in [4.78, 5) is 55.3. The molecule has 2 aromatic rings. The van der Waals surface area contributed by atoms with Crippen LogP contribution in [0.1, 0.15) is 20.7 Å². The van der Waals surface area contributed by atoms with Crippen LogP contribution in [0.4, 0.5) is 5.69 Å². The van der Waals surface area contributed by atoms with Gasteiger partial charge in [-0.1, -0.05) is 0 Å². The highest BCUT2D eigenvalue weighted by Gasteiger charge is 2.38. The summed E-state index contributed by atoms with van der Waals surface area (Å²) in [5.74, 6) is -1.27. The molecule has 0 fully saturated rings. The number of imide groups is 1. The summed E-state index contributed by atoms with van der Waals surface area (Å²) in [5, 5.41) is 0. The summed E-state index contributed by atoms with van der Waals surface area (Å²) >= 11 is 0. The highest BCUT2D eigenvalue weighted by atomic mass is 16.2. The Hall–Kier alpha value is -3.03. The second kappa shape index (κ2) is 3.73. The Labute approximate surface area is 104 Å². The normalized spacial score (nSPS) is 13.8. The fraction of sp³-hybridized carbons (Fsp3) is 0. The first-order valence-corrected chi connectivity index (χ1v) is 5.24. The van der Waals surface area contributed by atoms with E-state index >= 15 is 0 Å². The van der Waals surface area contributed by atoms with E-state index in [1.54, 1.807) is 0 Å². The van der Waals surface area contributed by atoms with Crippen LogP contribution in [0, 0.1) is 0 Å². The van der Waals surface area contributed by atoms with Gasteiger partial charge in [0.05, 0.1) is 11.1 Å². The molecule has 3 rings (SSSR count). The summed E-state index contributed by atoms with van der Waals surface area (Å²) in [6.07, 6.45) is 3.66. The van der Waals surface area contributed by atoms with Crippen LogP contribution in [0.15, 0.2) is 34.2 Å². The van der Waals surface area contributed by atoms with Gasteiger partial charge in [0.25, 0.3) is 17.4 Å². The second-order valence-electron chi connectivity index (χ2n) is 3.82. The molecule has 1 aliphatic rings. The van der Waals surface area contributed by atoms with E-state index in [-0.39, 0.29) is 16.8 Å². The Balaban J connectivity index is 2.19. The quantitative estimate of drug-likeness (QED) is 0.653. The number of aromatic nitrogens is 3.